The molecule has 0 saturated carbocycles. The Bertz CT molecular complexity index is 834. The Morgan fingerprint density at radius 3 is 2.33 bits per heavy atom. The average Bonchev–Trinajstić information content (AvgIpc) is 2.78. The number of anilines is 1. The largest absolute Gasteiger partial charge is 0.497 e. The molecular weight excluding hydrogens is 387 g/mol. The highest BCUT2D eigenvalue weighted by Crippen LogP contribution is 2.18. The molecule has 8 heteroatoms. The molecular formula is C22H27FN4O3. The second-order valence-corrected chi connectivity index (χ2v) is 7.28. The molecule has 0 unspecified atom stereocenters. The van der Waals surface area contributed by atoms with Gasteiger partial charge in [0.25, 0.3) is 0 Å². The number of methoxy groups -OCH3 is 1. The number of benzene rings is 2. The van der Waals surface area contributed by atoms with Crippen molar-refractivity contribution >= 4 is 17.7 Å². The maximum atomic E-state index is 13.0. The molecule has 1 aliphatic heterocycles. The van der Waals surface area contributed by atoms with Crippen LogP contribution in [-0.4, -0.2) is 43.7 Å². The zero-order valence-corrected chi connectivity index (χ0v) is 17.0. The van der Waals surface area contributed by atoms with Crippen molar-refractivity contribution in [1.29, 1.82) is 0 Å². The Morgan fingerprint density at radius 1 is 1.03 bits per heavy atom. The van der Waals surface area contributed by atoms with E-state index in [-0.39, 0.29) is 17.9 Å². The summed E-state index contributed by atoms with van der Waals surface area (Å²) in [6.45, 7) is 2.25. The van der Waals surface area contributed by atoms with Crippen LogP contribution in [0.3, 0.4) is 0 Å². The Kier molecular flexibility index (Phi) is 7.48. The highest BCUT2D eigenvalue weighted by Gasteiger charge is 2.23. The second kappa shape index (κ2) is 10.5. The van der Waals surface area contributed by atoms with Gasteiger partial charge in [-0.05, 0) is 60.7 Å². The first-order chi connectivity index (χ1) is 14.5. The highest BCUT2D eigenvalue weighted by atomic mass is 19.1. The molecule has 0 bridgehead atoms. The van der Waals surface area contributed by atoms with Gasteiger partial charge in [0.2, 0.25) is 0 Å². The molecule has 0 aromatic heterocycles. The number of nitrogens with zero attached hydrogens (tertiary/aromatic N) is 1. The maximum absolute atomic E-state index is 13.0. The van der Waals surface area contributed by atoms with Crippen molar-refractivity contribution in [2.75, 3.05) is 32.1 Å². The first-order valence-electron chi connectivity index (χ1n) is 9.99. The first kappa shape index (κ1) is 21.4. The molecule has 1 aliphatic rings. The van der Waals surface area contributed by atoms with Crippen molar-refractivity contribution in [3.8, 4) is 5.75 Å². The molecule has 0 spiro atoms. The molecule has 2 aromatic carbocycles. The van der Waals surface area contributed by atoms with E-state index in [9.17, 15) is 14.0 Å². The van der Waals surface area contributed by atoms with Crippen molar-refractivity contribution in [2.24, 2.45) is 5.92 Å². The molecule has 0 atom stereocenters. The Balaban J connectivity index is 1.33. The summed E-state index contributed by atoms with van der Waals surface area (Å²) in [5.41, 5.74) is 1.56. The van der Waals surface area contributed by atoms with E-state index in [0.717, 1.165) is 24.2 Å². The van der Waals surface area contributed by atoms with E-state index in [0.29, 0.717) is 37.8 Å². The zero-order chi connectivity index (χ0) is 21.3. The molecule has 0 radical (unpaired) electrons. The van der Waals surface area contributed by atoms with E-state index in [1.54, 1.807) is 12.0 Å². The minimum Gasteiger partial charge on any atom is -0.497 e. The lowest BCUT2D eigenvalue weighted by Gasteiger charge is -2.32. The van der Waals surface area contributed by atoms with Gasteiger partial charge in [-0.15, -0.1) is 0 Å². The van der Waals surface area contributed by atoms with Gasteiger partial charge in [0.1, 0.15) is 11.6 Å². The first-order valence-corrected chi connectivity index (χ1v) is 9.99. The number of nitrogens with one attached hydrogen (secondary N) is 3. The third-order valence-corrected chi connectivity index (χ3v) is 5.16. The number of piperidine rings is 1. The summed E-state index contributed by atoms with van der Waals surface area (Å²) in [6, 6.07) is 12.8. The van der Waals surface area contributed by atoms with Gasteiger partial charge in [-0.3, -0.25) is 0 Å². The van der Waals surface area contributed by atoms with Crippen LogP contribution in [0.2, 0.25) is 0 Å². The summed E-state index contributed by atoms with van der Waals surface area (Å²) in [6.07, 6.45) is 1.63. The van der Waals surface area contributed by atoms with Crippen LogP contribution in [0.15, 0.2) is 48.5 Å². The number of hydrogen-bond acceptors (Lipinski definition) is 3. The van der Waals surface area contributed by atoms with Crippen LogP contribution < -0.4 is 20.7 Å². The van der Waals surface area contributed by atoms with E-state index in [4.69, 9.17) is 4.74 Å². The number of hydrogen-bond donors (Lipinski definition) is 3. The molecule has 0 aliphatic carbocycles. The fourth-order valence-corrected chi connectivity index (χ4v) is 3.30. The van der Waals surface area contributed by atoms with Gasteiger partial charge >= 0.3 is 12.1 Å². The number of urea groups is 2. The third kappa shape index (κ3) is 6.37. The average molecular weight is 414 g/mol. The van der Waals surface area contributed by atoms with E-state index in [1.165, 1.54) is 24.3 Å². The van der Waals surface area contributed by atoms with E-state index >= 15 is 0 Å². The zero-order valence-electron chi connectivity index (χ0n) is 17.0. The van der Waals surface area contributed by atoms with Crippen LogP contribution in [0.4, 0.5) is 19.7 Å². The molecule has 2 aromatic rings. The van der Waals surface area contributed by atoms with Crippen LogP contribution in [0.5, 0.6) is 5.75 Å². The fraction of sp³-hybridized carbons (Fsp3) is 0.364. The van der Waals surface area contributed by atoms with Gasteiger partial charge in [-0.25, -0.2) is 14.0 Å². The van der Waals surface area contributed by atoms with E-state index in [2.05, 4.69) is 16.0 Å². The molecule has 160 valence electrons. The predicted octanol–water partition coefficient (Wildman–Crippen LogP) is 3.58. The number of carbonyl (C=O) groups is 2. The monoisotopic (exact) mass is 414 g/mol. The normalized spacial score (nSPS) is 14.1. The summed E-state index contributed by atoms with van der Waals surface area (Å²) in [5, 5.41) is 8.52. The summed E-state index contributed by atoms with van der Waals surface area (Å²) < 4.78 is 18.1. The maximum Gasteiger partial charge on any atom is 0.321 e. The van der Waals surface area contributed by atoms with Crippen LogP contribution in [0, 0.1) is 11.7 Å². The van der Waals surface area contributed by atoms with E-state index in [1.807, 2.05) is 24.3 Å². The van der Waals surface area contributed by atoms with Crippen molar-refractivity contribution in [3.05, 3.63) is 59.9 Å². The summed E-state index contributed by atoms with van der Waals surface area (Å²) >= 11 is 0. The van der Waals surface area contributed by atoms with Crippen molar-refractivity contribution < 1.29 is 18.7 Å². The van der Waals surface area contributed by atoms with Crippen molar-refractivity contribution in [3.63, 3.8) is 0 Å². The van der Waals surface area contributed by atoms with Crippen LogP contribution in [0.25, 0.3) is 0 Å². The third-order valence-electron chi connectivity index (χ3n) is 5.16. The molecule has 1 heterocycles. The summed E-state index contributed by atoms with van der Waals surface area (Å²) in [7, 11) is 1.61. The predicted molar refractivity (Wildman–Crippen MR) is 113 cm³/mol. The summed E-state index contributed by atoms with van der Waals surface area (Å²) in [5.74, 6) is 0.766. The van der Waals surface area contributed by atoms with Crippen molar-refractivity contribution in [2.45, 2.75) is 19.4 Å². The van der Waals surface area contributed by atoms with Gasteiger partial charge in [0.15, 0.2) is 0 Å². The molecule has 3 rings (SSSR count). The minimum absolute atomic E-state index is 0.190. The van der Waals surface area contributed by atoms with Crippen LogP contribution >= 0.6 is 0 Å². The molecule has 4 amide bonds. The lowest BCUT2D eigenvalue weighted by atomic mass is 9.97. The van der Waals surface area contributed by atoms with Crippen LogP contribution in [-0.2, 0) is 6.54 Å². The second-order valence-electron chi connectivity index (χ2n) is 7.28. The molecule has 1 fully saturated rings. The molecule has 7 nitrogen and oxygen atoms in total. The topological polar surface area (TPSA) is 82.7 Å². The van der Waals surface area contributed by atoms with Gasteiger partial charge in [0.05, 0.1) is 7.11 Å². The van der Waals surface area contributed by atoms with Crippen molar-refractivity contribution in [1.82, 2.24) is 15.5 Å². The fourth-order valence-electron chi connectivity index (χ4n) is 3.30. The van der Waals surface area contributed by atoms with Gasteiger partial charge in [-0.2, -0.15) is 0 Å². The lowest BCUT2D eigenvalue weighted by Crippen LogP contribution is -2.44. The SMILES string of the molecule is COc1ccc(CNC(=O)NCC2CCN(C(=O)Nc3ccc(F)cc3)CC2)cc1. The lowest BCUT2D eigenvalue weighted by molar-refractivity contribution is 0.181. The number of amides is 4. The van der Waals surface area contributed by atoms with Crippen LogP contribution in [0.1, 0.15) is 18.4 Å². The number of likely N-dealkylation sites (tertiary alicyclic amines) is 1. The number of halogens is 1. The molecule has 30 heavy (non-hydrogen) atoms. The van der Waals surface area contributed by atoms with Gasteiger partial charge < -0.3 is 25.6 Å². The quantitative estimate of drug-likeness (QED) is 0.676. The molecule has 3 N–H and O–H groups in total. The highest BCUT2D eigenvalue weighted by molar-refractivity contribution is 5.89. The Labute approximate surface area is 175 Å². The van der Waals surface area contributed by atoms with E-state index < -0.39 is 0 Å². The number of ether oxygens (including phenoxy) is 1. The van der Waals surface area contributed by atoms with Gasteiger partial charge in [0, 0.05) is 31.9 Å². The number of rotatable bonds is 6. The summed E-state index contributed by atoms with van der Waals surface area (Å²) in [4.78, 5) is 26.1. The number of carbonyl (C=O) groups excluding carboxylic acids is 2. The Hall–Kier alpha value is -3.29. The standard InChI is InChI=1S/C22H27FN4O3/c1-30-20-8-2-16(3-9-20)14-24-21(28)25-15-17-10-12-27(13-11-17)22(29)26-19-6-4-18(23)5-7-19/h2-9,17H,10-15H2,1H3,(H,26,29)(H2,24,25,28). The van der Waals surface area contributed by atoms with Gasteiger partial charge in [-0.1, -0.05) is 12.1 Å². The minimum atomic E-state index is -0.339. The smallest absolute Gasteiger partial charge is 0.321 e. The Morgan fingerprint density at radius 2 is 1.70 bits per heavy atom. The molecule has 1 saturated heterocycles.